The normalized spacial score (nSPS) is 10.7. The van der Waals surface area contributed by atoms with Crippen LogP contribution in [0.25, 0.3) is 0 Å². The molecule has 1 amide bonds. The molecule has 164 valence electrons. The molecule has 0 aromatic heterocycles. The Hall–Kier alpha value is -3.24. The highest BCUT2D eigenvalue weighted by Gasteiger charge is 2.13. The number of methoxy groups -OCH3 is 1. The molecule has 0 atom stereocenters. The zero-order valence-corrected chi connectivity index (χ0v) is 19.9. The molecular formula is C22H17Br2N3O5. The van der Waals surface area contributed by atoms with Crippen LogP contribution in [0.4, 0.5) is 5.69 Å². The van der Waals surface area contributed by atoms with Gasteiger partial charge in [-0.1, -0.05) is 12.1 Å². The van der Waals surface area contributed by atoms with Crippen molar-refractivity contribution in [2.45, 2.75) is 6.61 Å². The number of amides is 1. The number of halogens is 2. The highest BCUT2D eigenvalue weighted by Crippen LogP contribution is 2.37. The minimum absolute atomic E-state index is 0.0165. The number of rotatable bonds is 8. The van der Waals surface area contributed by atoms with Gasteiger partial charge in [-0.05, 0) is 79.4 Å². The Kier molecular flexibility index (Phi) is 7.96. The average Bonchev–Trinajstić information content (AvgIpc) is 2.78. The van der Waals surface area contributed by atoms with E-state index in [1.165, 1.54) is 25.5 Å². The lowest BCUT2D eigenvalue weighted by Crippen LogP contribution is -2.18. The van der Waals surface area contributed by atoms with E-state index < -0.39 is 4.92 Å². The van der Waals surface area contributed by atoms with Gasteiger partial charge in [0.1, 0.15) is 6.61 Å². The number of carbonyl (C=O) groups excluding carboxylic acids is 1. The van der Waals surface area contributed by atoms with Crippen LogP contribution in [-0.4, -0.2) is 24.2 Å². The zero-order valence-electron chi connectivity index (χ0n) is 16.7. The van der Waals surface area contributed by atoms with Gasteiger partial charge in [-0.2, -0.15) is 5.10 Å². The van der Waals surface area contributed by atoms with Crippen LogP contribution in [0.15, 0.2) is 74.7 Å². The first-order valence-corrected chi connectivity index (χ1v) is 10.8. The predicted octanol–water partition coefficient (Wildman–Crippen LogP) is 5.47. The van der Waals surface area contributed by atoms with Crippen molar-refractivity contribution in [2.75, 3.05) is 7.11 Å². The number of nitrogens with zero attached hydrogens (tertiary/aromatic N) is 2. The molecule has 0 aliphatic heterocycles. The molecule has 0 radical (unpaired) electrons. The van der Waals surface area contributed by atoms with Crippen LogP contribution < -0.4 is 14.9 Å². The van der Waals surface area contributed by atoms with Crippen molar-refractivity contribution in [3.8, 4) is 11.5 Å². The van der Waals surface area contributed by atoms with E-state index in [1.807, 2.05) is 6.07 Å². The Morgan fingerprint density at radius 3 is 2.50 bits per heavy atom. The molecule has 0 aliphatic rings. The molecule has 3 aromatic carbocycles. The Morgan fingerprint density at radius 2 is 1.84 bits per heavy atom. The first-order valence-electron chi connectivity index (χ1n) is 9.20. The quantitative estimate of drug-likeness (QED) is 0.223. The van der Waals surface area contributed by atoms with Crippen molar-refractivity contribution in [3.63, 3.8) is 0 Å². The number of hydrogen-bond donors (Lipinski definition) is 1. The molecule has 3 rings (SSSR count). The maximum atomic E-state index is 12.2. The van der Waals surface area contributed by atoms with Crippen LogP contribution in [0.5, 0.6) is 11.5 Å². The first kappa shape index (κ1) is 23.4. The number of non-ortho nitro benzene ring substituents is 1. The number of nitro benzene ring substituents is 1. The van der Waals surface area contributed by atoms with E-state index in [0.717, 1.165) is 5.56 Å². The summed E-state index contributed by atoms with van der Waals surface area (Å²) in [6.07, 6.45) is 1.49. The molecule has 32 heavy (non-hydrogen) atoms. The van der Waals surface area contributed by atoms with Crippen molar-refractivity contribution in [2.24, 2.45) is 5.10 Å². The van der Waals surface area contributed by atoms with Gasteiger partial charge in [-0.25, -0.2) is 5.43 Å². The topological polar surface area (TPSA) is 103 Å². The number of hydrazone groups is 1. The minimum Gasteiger partial charge on any atom is -0.493 e. The van der Waals surface area contributed by atoms with Crippen LogP contribution in [0.2, 0.25) is 0 Å². The second kappa shape index (κ2) is 10.9. The molecule has 3 aromatic rings. The molecule has 0 fully saturated rings. The van der Waals surface area contributed by atoms with E-state index in [9.17, 15) is 14.9 Å². The number of hydrogen-bond acceptors (Lipinski definition) is 6. The monoisotopic (exact) mass is 561 g/mol. The lowest BCUT2D eigenvalue weighted by molar-refractivity contribution is -0.384. The molecule has 0 spiro atoms. The van der Waals surface area contributed by atoms with Crippen LogP contribution in [-0.2, 0) is 6.61 Å². The molecule has 0 saturated carbocycles. The van der Waals surface area contributed by atoms with E-state index in [-0.39, 0.29) is 18.2 Å². The number of carbonyl (C=O) groups is 1. The fraction of sp³-hybridized carbons (Fsp3) is 0.0909. The lowest BCUT2D eigenvalue weighted by Gasteiger charge is -2.13. The Balaban J connectivity index is 1.69. The number of benzene rings is 3. The van der Waals surface area contributed by atoms with E-state index in [1.54, 1.807) is 42.5 Å². The highest BCUT2D eigenvalue weighted by molar-refractivity contribution is 9.10. The van der Waals surface area contributed by atoms with Crippen LogP contribution in [0.1, 0.15) is 21.5 Å². The van der Waals surface area contributed by atoms with E-state index >= 15 is 0 Å². The Bertz CT molecular complexity index is 1170. The number of nitro groups is 1. The summed E-state index contributed by atoms with van der Waals surface area (Å²) in [5.41, 5.74) is 4.41. The minimum atomic E-state index is -0.453. The fourth-order valence-electron chi connectivity index (χ4n) is 2.69. The molecule has 0 aliphatic carbocycles. The molecule has 0 saturated heterocycles. The van der Waals surface area contributed by atoms with Gasteiger partial charge in [-0.15, -0.1) is 0 Å². The SMILES string of the molecule is COc1cc(/C=N/NC(=O)c2ccccc2Br)cc(Br)c1OCc1ccc([N+](=O)[O-])cc1. The van der Waals surface area contributed by atoms with E-state index in [2.05, 4.69) is 42.4 Å². The summed E-state index contributed by atoms with van der Waals surface area (Å²) < 4.78 is 12.6. The van der Waals surface area contributed by atoms with E-state index in [0.29, 0.717) is 31.6 Å². The van der Waals surface area contributed by atoms with Gasteiger partial charge in [0, 0.05) is 16.6 Å². The second-order valence-electron chi connectivity index (χ2n) is 6.43. The number of ether oxygens (including phenoxy) is 2. The molecule has 10 heteroatoms. The van der Waals surface area contributed by atoms with Crippen molar-refractivity contribution >= 4 is 49.7 Å². The van der Waals surface area contributed by atoms with Crippen LogP contribution in [0.3, 0.4) is 0 Å². The third-order valence-electron chi connectivity index (χ3n) is 4.28. The van der Waals surface area contributed by atoms with Gasteiger partial charge in [0.15, 0.2) is 11.5 Å². The second-order valence-corrected chi connectivity index (χ2v) is 8.13. The predicted molar refractivity (Wildman–Crippen MR) is 127 cm³/mol. The summed E-state index contributed by atoms with van der Waals surface area (Å²) in [6.45, 7) is 0.197. The molecule has 0 bridgehead atoms. The van der Waals surface area contributed by atoms with Gasteiger partial charge in [0.05, 0.1) is 28.3 Å². The Labute approximate surface area is 200 Å². The standard InChI is InChI=1S/C22H17Br2N3O5/c1-31-20-11-15(12-25-26-22(28)17-4-2-3-5-18(17)23)10-19(24)21(20)32-13-14-6-8-16(9-7-14)27(29)30/h2-12H,13H2,1H3,(H,26,28)/b25-12+. The third-order valence-corrected chi connectivity index (χ3v) is 5.56. The zero-order chi connectivity index (χ0) is 23.1. The maximum Gasteiger partial charge on any atom is 0.272 e. The summed E-state index contributed by atoms with van der Waals surface area (Å²) in [6, 6.07) is 16.6. The lowest BCUT2D eigenvalue weighted by atomic mass is 10.2. The summed E-state index contributed by atoms with van der Waals surface area (Å²) in [5, 5.41) is 14.8. The smallest absolute Gasteiger partial charge is 0.272 e. The van der Waals surface area contributed by atoms with Crippen molar-refractivity contribution in [1.82, 2.24) is 5.43 Å². The van der Waals surface area contributed by atoms with Gasteiger partial charge in [0.25, 0.3) is 11.6 Å². The van der Waals surface area contributed by atoms with Gasteiger partial charge in [0.2, 0.25) is 0 Å². The average molecular weight is 563 g/mol. The maximum absolute atomic E-state index is 12.2. The summed E-state index contributed by atoms with van der Waals surface area (Å²) in [7, 11) is 1.51. The molecular weight excluding hydrogens is 546 g/mol. The largest absolute Gasteiger partial charge is 0.493 e. The Morgan fingerprint density at radius 1 is 1.12 bits per heavy atom. The van der Waals surface area contributed by atoms with Crippen LogP contribution in [0, 0.1) is 10.1 Å². The van der Waals surface area contributed by atoms with Crippen molar-refractivity contribution < 1.29 is 19.2 Å². The summed E-state index contributed by atoms with van der Waals surface area (Å²) in [4.78, 5) is 22.5. The van der Waals surface area contributed by atoms with Crippen molar-refractivity contribution in [3.05, 3.63) is 96.4 Å². The first-order chi connectivity index (χ1) is 15.4. The van der Waals surface area contributed by atoms with Crippen molar-refractivity contribution in [1.29, 1.82) is 0 Å². The molecule has 1 N–H and O–H groups in total. The number of nitrogens with one attached hydrogen (secondary N) is 1. The highest BCUT2D eigenvalue weighted by atomic mass is 79.9. The van der Waals surface area contributed by atoms with E-state index in [4.69, 9.17) is 9.47 Å². The summed E-state index contributed by atoms with van der Waals surface area (Å²) >= 11 is 6.79. The molecule has 8 nitrogen and oxygen atoms in total. The fourth-order valence-corrected chi connectivity index (χ4v) is 3.73. The third kappa shape index (κ3) is 5.92. The van der Waals surface area contributed by atoms with Gasteiger partial charge < -0.3 is 9.47 Å². The molecule has 0 heterocycles. The van der Waals surface area contributed by atoms with Crippen LogP contribution >= 0.6 is 31.9 Å². The van der Waals surface area contributed by atoms with Gasteiger partial charge >= 0.3 is 0 Å². The summed E-state index contributed by atoms with van der Waals surface area (Å²) in [5.74, 6) is 0.586. The molecule has 0 unspecified atom stereocenters. The van der Waals surface area contributed by atoms with Gasteiger partial charge in [-0.3, -0.25) is 14.9 Å².